The minimum Gasteiger partial charge on any atom is -0.451 e. The van der Waals surface area contributed by atoms with Gasteiger partial charge in [0, 0.05) is 4.88 Å². The van der Waals surface area contributed by atoms with E-state index in [2.05, 4.69) is 14.7 Å². The minimum atomic E-state index is -4.81. The molecule has 148 valence electrons. The van der Waals surface area contributed by atoms with Crippen molar-refractivity contribution in [3.8, 4) is 5.75 Å². The van der Waals surface area contributed by atoms with Gasteiger partial charge in [-0.05, 0) is 50.6 Å². The van der Waals surface area contributed by atoms with Crippen LogP contribution in [0, 0.1) is 13.8 Å². The van der Waals surface area contributed by atoms with Crippen molar-refractivity contribution in [2.45, 2.75) is 33.2 Å². The number of rotatable bonds is 4. The molecule has 0 fully saturated rings. The number of halogens is 3. The van der Waals surface area contributed by atoms with Gasteiger partial charge in [-0.2, -0.15) is 0 Å². The van der Waals surface area contributed by atoms with Crippen LogP contribution < -0.4 is 10.3 Å². The summed E-state index contributed by atoms with van der Waals surface area (Å²) in [5.41, 5.74) is 0.567. The number of nitrogens with one attached hydrogen (secondary N) is 1. The van der Waals surface area contributed by atoms with Gasteiger partial charge >= 0.3 is 12.3 Å². The van der Waals surface area contributed by atoms with Crippen LogP contribution in [-0.2, 0) is 4.74 Å². The predicted molar refractivity (Wildman–Crippen MR) is 96.7 cm³/mol. The lowest BCUT2D eigenvalue weighted by molar-refractivity contribution is -0.274. The Morgan fingerprint density at radius 1 is 1.21 bits per heavy atom. The lowest BCUT2D eigenvalue weighted by Gasteiger charge is -2.13. The van der Waals surface area contributed by atoms with Crippen LogP contribution in [0.4, 0.5) is 13.2 Å². The number of benzene rings is 1. The van der Waals surface area contributed by atoms with Gasteiger partial charge in [0.2, 0.25) is 0 Å². The number of ether oxygens (including phenoxy) is 2. The maximum Gasteiger partial charge on any atom is 0.573 e. The van der Waals surface area contributed by atoms with Gasteiger partial charge in [-0.15, -0.1) is 24.5 Å². The van der Waals surface area contributed by atoms with Crippen LogP contribution in [0.3, 0.4) is 0 Å². The van der Waals surface area contributed by atoms with Gasteiger partial charge in [-0.3, -0.25) is 4.79 Å². The number of esters is 1. The van der Waals surface area contributed by atoms with E-state index >= 15 is 0 Å². The first-order chi connectivity index (χ1) is 13.0. The molecule has 0 unspecified atom stereocenters. The van der Waals surface area contributed by atoms with Crippen LogP contribution in [-0.4, -0.2) is 22.3 Å². The summed E-state index contributed by atoms with van der Waals surface area (Å²) in [4.78, 5) is 33.0. The topological polar surface area (TPSA) is 81.3 Å². The van der Waals surface area contributed by atoms with E-state index in [0.29, 0.717) is 10.2 Å². The Hall–Kier alpha value is -2.88. The largest absolute Gasteiger partial charge is 0.573 e. The van der Waals surface area contributed by atoms with Crippen molar-refractivity contribution in [2.24, 2.45) is 0 Å². The molecule has 0 bridgehead atoms. The first-order valence-electron chi connectivity index (χ1n) is 8.12. The number of hydrogen-bond donors (Lipinski definition) is 1. The van der Waals surface area contributed by atoms with E-state index in [4.69, 9.17) is 4.74 Å². The molecule has 0 saturated heterocycles. The minimum absolute atomic E-state index is 0.0348. The van der Waals surface area contributed by atoms with E-state index in [1.807, 2.05) is 13.8 Å². The molecule has 2 aromatic heterocycles. The smallest absolute Gasteiger partial charge is 0.451 e. The van der Waals surface area contributed by atoms with E-state index in [1.54, 1.807) is 0 Å². The summed E-state index contributed by atoms with van der Waals surface area (Å²) in [6.07, 6.45) is -5.68. The molecule has 0 radical (unpaired) electrons. The molecule has 0 aliphatic carbocycles. The maximum atomic E-state index is 12.3. The first-order valence-corrected chi connectivity index (χ1v) is 8.93. The Labute approximate surface area is 160 Å². The SMILES string of the molecule is Cc1sc2nc([C@@H](C)OC(=O)c3ccc(OC(F)(F)F)cc3)[nH]c(=O)c2c1C. The van der Waals surface area contributed by atoms with Crippen molar-refractivity contribution in [2.75, 3.05) is 0 Å². The van der Waals surface area contributed by atoms with Crippen LogP contribution in [0.5, 0.6) is 5.75 Å². The Balaban J connectivity index is 1.77. The Morgan fingerprint density at radius 2 is 1.86 bits per heavy atom. The fourth-order valence-electron chi connectivity index (χ4n) is 2.54. The summed E-state index contributed by atoms with van der Waals surface area (Å²) in [6.45, 7) is 5.26. The molecule has 1 N–H and O–H groups in total. The third-order valence-electron chi connectivity index (χ3n) is 4.05. The number of carbonyl (C=O) groups excluding carboxylic acids is 1. The molecule has 10 heteroatoms. The van der Waals surface area contributed by atoms with Gasteiger partial charge in [0.15, 0.2) is 11.9 Å². The molecule has 3 aromatic rings. The predicted octanol–water partition coefficient (Wildman–Crippen LogP) is 4.42. The van der Waals surface area contributed by atoms with Crippen LogP contribution in [0.25, 0.3) is 10.2 Å². The average molecular weight is 412 g/mol. The molecule has 0 amide bonds. The number of hydrogen-bond acceptors (Lipinski definition) is 6. The fourth-order valence-corrected chi connectivity index (χ4v) is 3.58. The number of aryl methyl sites for hydroxylation is 2. The van der Waals surface area contributed by atoms with E-state index in [1.165, 1.54) is 18.3 Å². The molecule has 0 saturated carbocycles. The van der Waals surface area contributed by atoms with E-state index in [9.17, 15) is 22.8 Å². The lowest BCUT2D eigenvalue weighted by atomic mass is 10.2. The number of nitrogens with zero attached hydrogens (tertiary/aromatic N) is 1. The van der Waals surface area contributed by atoms with Crippen molar-refractivity contribution in [1.29, 1.82) is 0 Å². The van der Waals surface area contributed by atoms with Crippen LogP contribution in [0.2, 0.25) is 0 Å². The Bertz CT molecular complexity index is 1090. The number of alkyl halides is 3. The molecule has 28 heavy (non-hydrogen) atoms. The van der Waals surface area contributed by atoms with E-state index in [-0.39, 0.29) is 16.9 Å². The van der Waals surface area contributed by atoms with Crippen LogP contribution in [0.1, 0.15) is 39.7 Å². The number of H-pyrrole nitrogens is 1. The molecule has 1 aromatic carbocycles. The summed E-state index contributed by atoms with van der Waals surface area (Å²) in [6, 6.07) is 4.33. The Morgan fingerprint density at radius 3 is 2.46 bits per heavy atom. The van der Waals surface area contributed by atoms with Crippen molar-refractivity contribution in [1.82, 2.24) is 9.97 Å². The zero-order chi connectivity index (χ0) is 20.6. The van der Waals surface area contributed by atoms with Crippen LogP contribution >= 0.6 is 11.3 Å². The summed E-state index contributed by atoms with van der Waals surface area (Å²) in [5, 5.41) is 0.505. The highest BCUT2D eigenvalue weighted by atomic mass is 32.1. The second-order valence-electron chi connectivity index (χ2n) is 6.03. The van der Waals surface area contributed by atoms with Crippen molar-refractivity contribution in [3.05, 3.63) is 56.4 Å². The van der Waals surface area contributed by atoms with Gasteiger partial charge in [-0.25, -0.2) is 9.78 Å². The second kappa shape index (κ2) is 7.27. The van der Waals surface area contributed by atoms with Gasteiger partial charge in [0.05, 0.1) is 10.9 Å². The van der Waals surface area contributed by atoms with E-state index < -0.39 is 24.2 Å². The molecule has 3 rings (SSSR count). The van der Waals surface area contributed by atoms with Crippen LogP contribution in [0.15, 0.2) is 29.1 Å². The van der Waals surface area contributed by atoms with Crippen molar-refractivity contribution >= 4 is 27.5 Å². The third kappa shape index (κ3) is 4.16. The third-order valence-corrected chi connectivity index (χ3v) is 5.15. The zero-order valence-electron chi connectivity index (χ0n) is 15.0. The molecular formula is C18H15F3N2O4S. The highest BCUT2D eigenvalue weighted by molar-refractivity contribution is 7.18. The molecule has 1 atom stereocenters. The van der Waals surface area contributed by atoms with Gasteiger partial charge in [0.1, 0.15) is 10.6 Å². The molecule has 0 aliphatic heterocycles. The summed E-state index contributed by atoms with van der Waals surface area (Å²) >= 11 is 1.37. The van der Waals surface area contributed by atoms with Crippen molar-refractivity contribution < 1.29 is 27.4 Å². The summed E-state index contributed by atoms with van der Waals surface area (Å²) in [5.74, 6) is -1.03. The molecular weight excluding hydrogens is 397 g/mol. The number of fused-ring (bicyclic) bond motifs is 1. The quantitative estimate of drug-likeness (QED) is 0.642. The molecule has 2 heterocycles. The Kier molecular flexibility index (Phi) is 5.16. The van der Waals surface area contributed by atoms with Gasteiger partial charge in [0.25, 0.3) is 5.56 Å². The number of thiophene rings is 1. The van der Waals surface area contributed by atoms with Gasteiger partial charge < -0.3 is 14.5 Å². The van der Waals surface area contributed by atoms with E-state index in [0.717, 1.165) is 34.7 Å². The zero-order valence-corrected chi connectivity index (χ0v) is 15.8. The maximum absolute atomic E-state index is 12.3. The molecule has 6 nitrogen and oxygen atoms in total. The fraction of sp³-hybridized carbons (Fsp3) is 0.278. The first kappa shape index (κ1) is 19.9. The summed E-state index contributed by atoms with van der Waals surface area (Å²) in [7, 11) is 0. The second-order valence-corrected chi connectivity index (χ2v) is 7.24. The normalized spacial score (nSPS) is 12.8. The monoisotopic (exact) mass is 412 g/mol. The highest BCUT2D eigenvalue weighted by Gasteiger charge is 2.31. The molecule has 0 spiro atoms. The molecule has 0 aliphatic rings. The number of carbonyl (C=O) groups is 1. The number of aromatic amines is 1. The highest BCUT2D eigenvalue weighted by Crippen LogP contribution is 2.27. The van der Waals surface area contributed by atoms with Crippen molar-refractivity contribution in [3.63, 3.8) is 0 Å². The average Bonchev–Trinajstić information content (AvgIpc) is 2.88. The van der Waals surface area contributed by atoms with Gasteiger partial charge in [-0.1, -0.05) is 0 Å². The summed E-state index contributed by atoms with van der Waals surface area (Å²) < 4.78 is 45.6. The standard InChI is InChI=1S/C18H15F3N2O4S/c1-8-10(3)28-16-13(8)15(24)22-14(23-16)9(2)26-17(25)11-4-6-12(7-5-11)27-18(19,20)21/h4-7,9H,1-3H3,(H,22,23,24)/t9-/m1/s1. The number of aromatic nitrogens is 2. The lowest BCUT2D eigenvalue weighted by Crippen LogP contribution is -2.18.